The van der Waals surface area contributed by atoms with E-state index in [1.165, 1.54) is 5.56 Å². The van der Waals surface area contributed by atoms with Crippen molar-refractivity contribution in [1.29, 1.82) is 5.26 Å². The Morgan fingerprint density at radius 2 is 2.28 bits per heavy atom. The van der Waals surface area contributed by atoms with Crippen LogP contribution in [0.1, 0.15) is 23.2 Å². The van der Waals surface area contributed by atoms with Crippen molar-refractivity contribution in [3.05, 3.63) is 51.6 Å². The molecule has 2 heterocycles. The number of H-pyrrole nitrogens is 1. The Balaban J connectivity index is 2.33. The summed E-state index contributed by atoms with van der Waals surface area (Å²) >= 11 is 0. The minimum Gasteiger partial charge on any atom is -0.324 e. The number of rotatable bonds is 0. The summed E-state index contributed by atoms with van der Waals surface area (Å²) in [6.07, 6.45) is 4.48. The van der Waals surface area contributed by atoms with E-state index in [-0.39, 0.29) is 11.1 Å². The monoisotopic (exact) mass is 237 g/mol. The standard InChI is InChI=1S/C14H11N3O/c15-8-10-7-11-12(17-14(10)18)5-1-3-9-4-2-6-16-13(9)11/h2,4,6-7H,1,3,5H2,(H,17,18). The Morgan fingerprint density at radius 1 is 1.39 bits per heavy atom. The lowest BCUT2D eigenvalue weighted by atomic mass is 10.0. The summed E-state index contributed by atoms with van der Waals surface area (Å²) in [5, 5.41) is 8.95. The van der Waals surface area contributed by atoms with Crippen LogP contribution in [-0.4, -0.2) is 9.97 Å². The molecule has 3 rings (SSSR count). The molecule has 0 fully saturated rings. The second kappa shape index (κ2) is 4.11. The number of fused-ring (bicyclic) bond motifs is 3. The molecule has 0 aromatic carbocycles. The molecule has 0 saturated heterocycles. The molecular formula is C14H11N3O. The van der Waals surface area contributed by atoms with Gasteiger partial charge in [0.1, 0.15) is 11.6 Å². The Hall–Kier alpha value is -2.41. The van der Waals surface area contributed by atoms with E-state index in [0.29, 0.717) is 0 Å². The Bertz CT molecular complexity index is 710. The predicted octanol–water partition coefficient (Wildman–Crippen LogP) is 1.80. The molecule has 0 atom stereocenters. The second-order valence-corrected chi connectivity index (χ2v) is 4.38. The van der Waals surface area contributed by atoms with Gasteiger partial charge in [0.2, 0.25) is 0 Å². The van der Waals surface area contributed by atoms with E-state index in [2.05, 4.69) is 16.0 Å². The fraction of sp³-hybridized carbons (Fsp3) is 0.214. The van der Waals surface area contributed by atoms with Gasteiger partial charge in [-0.1, -0.05) is 6.07 Å². The number of hydrogen-bond donors (Lipinski definition) is 1. The number of aromatic nitrogens is 2. The van der Waals surface area contributed by atoms with Gasteiger partial charge in [-0.2, -0.15) is 5.26 Å². The number of nitrogens with one attached hydrogen (secondary N) is 1. The van der Waals surface area contributed by atoms with Gasteiger partial charge >= 0.3 is 0 Å². The van der Waals surface area contributed by atoms with E-state index in [4.69, 9.17) is 5.26 Å². The third-order valence-corrected chi connectivity index (χ3v) is 3.26. The smallest absolute Gasteiger partial charge is 0.266 e. The highest BCUT2D eigenvalue weighted by Crippen LogP contribution is 2.29. The molecule has 18 heavy (non-hydrogen) atoms. The van der Waals surface area contributed by atoms with Crippen LogP contribution < -0.4 is 5.56 Å². The third-order valence-electron chi connectivity index (χ3n) is 3.26. The van der Waals surface area contributed by atoms with Crippen molar-refractivity contribution in [1.82, 2.24) is 9.97 Å². The summed E-state index contributed by atoms with van der Waals surface area (Å²) in [4.78, 5) is 18.9. The molecule has 0 unspecified atom stereocenters. The molecule has 0 aliphatic heterocycles. The molecule has 1 aliphatic carbocycles. The van der Waals surface area contributed by atoms with Crippen molar-refractivity contribution in [2.45, 2.75) is 19.3 Å². The summed E-state index contributed by atoms with van der Waals surface area (Å²) in [7, 11) is 0. The number of hydrogen-bond acceptors (Lipinski definition) is 3. The highest BCUT2D eigenvalue weighted by Gasteiger charge is 2.17. The van der Waals surface area contributed by atoms with Gasteiger partial charge in [-0.05, 0) is 37.0 Å². The molecule has 1 aliphatic rings. The van der Waals surface area contributed by atoms with E-state index < -0.39 is 0 Å². The topological polar surface area (TPSA) is 69.5 Å². The summed E-state index contributed by atoms with van der Waals surface area (Å²) in [5.41, 5.74) is 3.67. The first kappa shape index (κ1) is 10.7. The van der Waals surface area contributed by atoms with E-state index in [9.17, 15) is 4.79 Å². The van der Waals surface area contributed by atoms with Gasteiger partial charge in [-0.15, -0.1) is 0 Å². The SMILES string of the molecule is N#Cc1cc2c([nH]c1=O)CCCc1cccnc1-2. The van der Waals surface area contributed by atoms with E-state index >= 15 is 0 Å². The minimum absolute atomic E-state index is 0.146. The maximum Gasteiger partial charge on any atom is 0.266 e. The number of nitriles is 1. The van der Waals surface area contributed by atoms with Gasteiger partial charge in [0, 0.05) is 17.5 Å². The Morgan fingerprint density at radius 3 is 3.11 bits per heavy atom. The lowest BCUT2D eigenvalue weighted by Gasteiger charge is -2.07. The Labute approximate surface area is 104 Å². The average molecular weight is 237 g/mol. The highest BCUT2D eigenvalue weighted by atomic mass is 16.1. The molecule has 0 amide bonds. The van der Waals surface area contributed by atoms with Crippen molar-refractivity contribution in [2.75, 3.05) is 0 Å². The fourth-order valence-corrected chi connectivity index (χ4v) is 2.40. The predicted molar refractivity (Wildman–Crippen MR) is 67.0 cm³/mol. The summed E-state index contributed by atoms with van der Waals surface area (Å²) in [5.74, 6) is 0. The van der Waals surface area contributed by atoms with Crippen LogP contribution in [0.2, 0.25) is 0 Å². The quantitative estimate of drug-likeness (QED) is 0.759. The first-order valence-electron chi connectivity index (χ1n) is 5.90. The average Bonchev–Trinajstić information content (AvgIpc) is 2.56. The zero-order valence-corrected chi connectivity index (χ0v) is 9.73. The molecule has 0 saturated carbocycles. The molecule has 1 N–H and O–H groups in total. The van der Waals surface area contributed by atoms with Gasteiger partial charge in [-0.3, -0.25) is 9.78 Å². The molecule has 0 radical (unpaired) electrons. The van der Waals surface area contributed by atoms with Crippen LogP contribution in [0.5, 0.6) is 0 Å². The largest absolute Gasteiger partial charge is 0.324 e. The zero-order valence-electron chi connectivity index (χ0n) is 9.73. The van der Waals surface area contributed by atoms with Crippen LogP contribution in [0.25, 0.3) is 11.3 Å². The summed E-state index contributed by atoms with van der Waals surface area (Å²) in [6.45, 7) is 0. The zero-order chi connectivity index (χ0) is 12.5. The Kier molecular flexibility index (Phi) is 2.45. The normalized spacial score (nSPS) is 13.1. The van der Waals surface area contributed by atoms with Gasteiger partial charge in [-0.25, -0.2) is 0 Å². The van der Waals surface area contributed by atoms with Crippen molar-refractivity contribution in [3.63, 3.8) is 0 Å². The van der Waals surface area contributed by atoms with Crippen LogP contribution >= 0.6 is 0 Å². The summed E-state index contributed by atoms with van der Waals surface area (Å²) in [6, 6.07) is 7.55. The van der Waals surface area contributed by atoms with Gasteiger partial charge in [0.05, 0.1) is 5.69 Å². The number of nitrogens with zero attached hydrogens (tertiary/aromatic N) is 2. The molecule has 0 bridgehead atoms. The van der Waals surface area contributed by atoms with Crippen molar-refractivity contribution >= 4 is 0 Å². The van der Waals surface area contributed by atoms with E-state index in [0.717, 1.165) is 36.2 Å². The third kappa shape index (κ3) is 1.61. The van der Waals surface area contributed by atoms with Crippen molar-refractivity contribution in [3.8, 4) is 17.3 Å². The first-order chi connectivity index (χ1) is 8.79. The second-order valence-electron chi connectivity index (χ2n) is 4.38. The molecule has 88 valence electrons. The lowest BCUT2D eigenvalue weighted by Crippen LogP contribution is -2.13. The number of aromatic amines is 1. The van der Waals surface area contributed by atoms with Crippen LogP contribution in [0.15, 0.2) is 29.2 Å². The van der Waals surface area contributed by atoms with Crippen LogP contribution in [0, 0.1) is 11.3 Å². The molecule has 2 aromatic rings. The van der Waals surface area contributed by atoms with Gasteiger partial charge in [0.25, 0.3) is 5.56 Å². The minimum atomic E-state index is -0.310. The van der Waals surface area contributed by atoms with Crippen LogP contribution in [-0.2, 0) is 12.8 Å². The molecular weight excluding hydrogens is 226 g/mol. The van der Waals surface area contributed by atoms with Crippen LogP contribution in [0.3, 0.4) is 0 Å². The van der Waals surface area contributed by atoms with Crippen molar-refractivity contribution < 1.29 is 0 Å². The molecule has 4 heteroatoms. The van der Waals surface area contributed by atoms with Crippen molar-refractivity contribution in [2.24, 2.45) is 0 Å². The van der Waals surface area contributed by atoms with Gasteiger partial charge in [0.15, 0.2) is 0 Å². The number of aryl methyl sites for hydroxylation is 2. The first-order valence-corrected chi connectivity index (χ1v) is 5.90. The maximum absolute atomic E-state index is 11.6. The molecule has 4 nitrogen and oxygen atoms in total. The summed E-state index contributed by atoms with van der Waals surface area (Å²) < 4.78 is 0. The van der Waals surface area contributed by atoms with E-state index in [1.807, 2.05) is 12.1 Å². The molecule has 0 spiro atoms. The fourth-order valence-electron chi connectivity index (χ4n) is 2.40. The maximum atomic E-state index is 11.6. The molecule has 2 aromatic heterocycles. The lowest BCUT2D eigenvalue weighted by molar-refractivity contribution is 0.810. The van der Waals surface area contributed by atoms with Crippen LogP contribution in [0.4, 0.5) is 0 Å². The van der Waals surface area contributed by atoms with E-state index in [1.54, 1.807) is 12.3 Å². The van der Waals surface area contributed by atoms with Gasteiger partial charge < -0.3 is 4.98 Å². The number of pyridine rings is 2. The highest BCUT2D eigenvalue weighted by molar-refractivity contribution is 5.67.